The normalized spacial score (nSPS) is 20.2. The molecule has 0 N–H and O–H groups in total. The van der Waals surface area contributed by atoms with Gasteiger partial charge in [-0.2, -0.15) is 0 Å². The highest BCUT2D eigenvalue weighted by atomic mass is 35.5. The van der Waals surface area contributed by atoms with Gasteiger partial charge in [-0.15, -0.1) is 6.58 Å². The molecule has 1 aromatic rings. The van der Waals surface area contributed by atoms with E-state index in [1.807, 2.05) is 6.08 Å². The number of hydrogen-bond donors (Lipinski definition) is 0. The summed E-state index contributed by atoms with van der Waals surface area (Å²) >= 11 is 11.7. The van der Waals surface area contributed by atoms with Crippen LogP contribution in [-0.4, -0.2) is 12.5 Å². The Kier molecular flexibility index (Phi) is 3.22. The molecular formula is C12H11Cl2NO. The Hall–Kier alpha value is -0.990. The maximum Gasteiger partial charge on any atom is 0.227 e. The SMILES string of the molecule is C=CC1CC(=O)N(c2ccc(Cl)c(Cl)c2)C1. The van der Waals surface area contributed by atoms with E-state index in [0.29, 0.717) is 23.0 Å². The highest BCUT2D eigenvalue weighted by Crippen LogP contribution is 2.31. The van der Waals surface area contributed by atoms with Crippen LogP contribution in [-0.2, 0) is 4.79 Å². The molecule has 0 saturated carbocycles. The van der Waals surface area contributed by atoms with E-state index in [0.717, 1.165) is 5.69 Å². The zero-order valence-corrected chi connectivity index (χ0v) is 10.1. The first-order chi connectivity index (χ1) is 7.61. The Morgan fingerprint density at radius 3 is 2.69 bits per heavy atom. The number of carbonyl (C=O) groups excluding carboxylic acids is 1. The van der Waals surface area contributed by atoms with Crippen molar-refractivity contribution in [2.24, 2.45) is 5.92 Å². The lowest BCUT2D eigenvalue weighted by Gasteiger charge is -2.16. The van der Waals surface area contributed by atoms with Crippen molar-refractivity contribution < 1.29 is 4.79 Å². The van der Waals surface area contributed by atoms with E-state index >= 15 is 0 Å². The second-order valence-corrected chi connectivity index (χ2v) is 4.62. The predicted octanol–water partition coefficient (Wildman–Crippen LogP) is 3.53. The molecule has 2 nitrogen and oxygen atoms in total. The van der Waals surface area contributed by atoms with Crippen LogP contribution >= 0.6 is 23.2 Å². The molecular weight excluding hydrogens is 245 g/mol. The van der Waals surface area contributed by atoms with Crippen molar-refractivity contribution in [2.75, 3.05) is 11.4 Å². The first-order valence-electron chi connectivity index (χ1n) is 5.00. The first-order valence-corrected chi connectivity index (χ1v) is 5.75. The van der Waals surface area contributed by atoms with Gasteiger partial charge in [-0.05, 0) is 18.2 Å². The lowest BCUT2D eigenvalue weighted by atomic mass is 10.1. The van der Waals surface area contributed by atoms with Crippen LogP contribution in [0, 0.1) is 5.92 Å². The van der Waals surface area contributed by atoms with Crippen molar-refractivity contribution in [3.05, 3.63) is 40.9 Å². The molecule has 1 aromatic carbocycles. The summed E-state index contributed by atoms with van der Waals surface area (Å²) in [6, 6.07) is 5.22. The molecule has 0 aromatic heterocycles. The molecule has 1 saturated heterocycles. The summed E-state index contributed by atoms with van der Waals surface area (Å²) in [5.41, 5.74) is 0.795. The number of rotatable bonds is 2. The van der Waals surface area contributed by atoms with E-state index in [2.05, 4.69) is 6.58 Å². The number of carbonyl (C=O) groups is 1. The van der Waals surface area contributed by atoms with E-state index in [-0.39, 0.29) is 11.8 Å². The molecule has 1 fully saturated rings. The molecule has 2 rings (SSSR count). The van der Waals surface area contributed by atoms with Crippen LogP contribution in [0.4, 0.5) is 5.69 Å². The number of anilines is 1. The second-order valence-electron chi connectivity index (χ2n) is 3.80. The zero-order valence-electron chi connectivity index (χ0n) is 8.62. The Bertz CT molecular complexity index is 445. The molecule has 1 unspecified atom stereocenters. The molecule has 0 radical (unpaired) electrons. The lowest BCUT2D eigenvalue weighted by molar-refractivity contribution is -0.117. The van der Waals surface area contributed by atoms with Gasteiger partial charge in [0.1, 0.15) is 0 Å². The van der Waals surface area contributed by atoms with Crippen LogP contribution in [0.1, 0.15) is 6.42 Å². The highest BCUT2D eigenvalue weighted by molar-refractivity contribution is 6.42. The number of amides is 1. The third-order valence-corrected chi connectivity index (χ3v) is 3.44. The van der Waals surface area contributed by atoms with Crippen LogP contribution in [0.3, 0.4) is 0 Å². The van der Waals surface area contributed by atoms with Crippen LogP contribution in [0.5, 0.6) is 0 Å². The van der Waals surface area contributed by atoms with E-state index < -0.39 is 0 Å². The maximum atomic E-state index is 11.7. The van der Waals surface area contributed by atoms with Crippen molar-refractivity contribution >= 4 is 34.8 Å². The third-order valence-electron chi connectivity index (χ3n) is 2.70. The Labute approximate surface area is 104 Å². The van der Waals surface area contributed by atoms with Crippen molar-refractivity contribution in [1.29, 1.82) is 0 Å². The highest BCUT2D eigenvalue weighted by Gasteiger charge is 2.28. The summed E-state index contributed by atoms with van der Waals surface area (Å²) in [4.78, 5) is 13.5. The van der Waals surface area contributed by atoms with Gasteiger partial charge in [-0.3, -0.25) is 4.79 Å². The minimum atomic E-state index is 0.100. The van der Waals surface area contributed by atoms with Gasteiger partial charge in [0.25, 0.3) is 0 Å². The van der Waals surface area contributed by atoms with Gasteiger partial charge in [0.05, 0.1) is 10.0 Å². The average Bonchev–Trinajstić information content (AvgIpc) is 2.64. The fraction of sp³-hybridized carbons (Fsp3) is 0.250. The fourth-order valence-corrected chi connectivity index (χ4v) is 2.09. The van der Waals surface area contributed by atoms with Crippen molar-refractivity contribution in [3.8, 4) is 0 Å². The minimum absolute atomic E-state index is 0.100. The number of benzene rings is 1. The number of nitrogens with zero attached hydrogens (tertiary/aromatic N) is 1. The van der Waals surface area contributed by atoms with Crippen molar-refractivity contribution in [2.45, 2.75) is 6.42 Å². The van der Waals surface area contributed by atoms with Gasteiger partial charge in [-0.1, -0.05) is 29.3 Å². The summed E-state index contributed by atoms with van der Waals surface area (Å²) < 4.78 is 0. The third kappa shape index (κ3) is 2.08. The van der Waals surface area contributed by atoms with Crippen LogP contribution in [0.15, 0.2) is 30.9 Å². The smallest absolute Gasteiger partial charge is 0.227 e. The maximum absolute atomic E-state index is 11.7. The largest absolute Gasteiger partial charge is 0.312 e. The Morgan fingerprint density at radius 2 is 2.12 bits per heavy atom. The van der Waals surface area contributed by atoms with Crippen molar-refractivity contribution in [3.63, 3.8) is 0 Å². The van der Waals surface area contributed by atoms with Crippen LogP contribution in [0.2, 0.25) is 10.0 Å². The van der Waals surface area contributed by atoms with Crippen LogP contribution in [0.25, 0.3) is 0 Å². The molecule has 84 valence electrons. The molecule has 16 heavy (non-hydrogen) atoms. The molecule has 1 heterocycles. The Morgan fingerprint density at radius 1 is 1.38 bits per heavy atom. The summed E-state index contributed by atoms with van der Waals surface area (Å²) in [5.74, 6) is 0.324. The standard InChI is InChI=1S/C12H11Cl2NO/c1-2-8-5-12(16)15(7-8)9-3-4-10(13)11(14)6-9/h2-4,6,8H,1,5,7H2. The quantitative estimate of drug-likeness (QED) is 0.741. The molecule has 0 aliphatic carbocycles. The summed E-state index contributed by atoms with van der Waals surface area (Å²) in [7, 11) is 0. The summed E-state index contributed by atoms with van der Waals surface area (Å²) in [5, 5.41) is 0.964. The second kappa shape index (κ2) is 4.48. The molecule has 1 atom stereocenters. The minimum Gasteiger partial charge on any atom is -0.312 e. The molecule has 0 spiro atoms. The average molecular weight is 256 g/mol. The Balaban J connectivity index is 2.27. The molecule has 4 heteroatoms. The molecule has 1 aliphatic rings. The predicted molar refractivity (Wildman–Crippen MR) is 67.1 cm³/mol. The molecule has 0 bridgehead atoms. The van der Waals surface area contributed by atoms with Gasteiger partial charge in [0.15, 0.2) is 0 Å². The fourth-order valence-electron chi connectivity index (χ4n) is 1.80. The van der Waals surface area contributed by atoms with Gasteiger partial charge >= 0.3 is 0 Å². The van der Waals surface area contributed by atoms with Gasteiger partial charge in [0.2, 0.25) is 5.91 Å². The van der Waals surface area contributed by atoms with E-state index in [4.69, 9.17) is 23.2 Å². The summed E-state index contributed by atoms with van der Waals surface area (Å²) in [6.45, 7) is 4.38. The molecule has 1 amide bonds. The van der Waals surface area contributed by atoms with Crippen LogP contribution < -0.4 is 4.90 Å². The monoisotopic (exact) mass is 255 g/mol. The van der Waals surface area contributed by atoms with E-state index in [9.17, 15) is 4.79 Å². The van der Waals surface area contributed by atoms with Gasteiger partial charge in [0, 0.05) is 24.6 Å². The van der Waals surface area contributed by atoms with E-state index in [1.165, 1.54) is 0 Å². The van der Waals surface area contributed by atoms with Gasteiger partial charge < -0.3 is 4.90 Å². The zero-order chi connectivity index (χ0) is 11.7. The molecule has 1 aliphatic heterocycles. The first kappa shape index (κ1) is 11.5. The topological polar surface area (TPSA) is 20.3 Å². The van der Waals surface area contributed by atoms with Gasteiger partial charge in [-0.25, -0.2) is 0 Å². The van der Waals surface area contributed by atoms with E-state index in [1.54, 1.807) is 23.1 Å². The summed E-state index contributed by atoms with van der Waals surface area (Å²) in [6.07, 6.45) is 2.33. The number of halogens is 2. The van der Waals surface area contributed by atoms with Crippen molar-refractivity contribution in [1.82, 2.24) is 0 Å². The lowest BCUT2D eigenvalue weighted by Crippen LogP contribution is -2.24. The number of hydrogen-bond acceptors (Lipinski definition) is 1.